The first-order valence-corrected chi connectivity index (χ1v) is 4.54. The van der Waals surface area contributed by atoms with Gasteiger partial charge in [-0.05, 0) is 30.7 Å². The summed E-state index contributed by atoms with van der Waals surface area (Å²) in [5.74, 6) is -0.969. The summed E-state index contributed by atoms with van der Waals surface area (Å²) in [6.45, 7) is 0.997. The van der Waals surface area contributed by atoms with Crippen LogP contribution in [0.2, 0.25) is 0 Å². The second-order valence-electron chi connectivity index (χ2n) is 3.45. The quantitative estimate of drug-likeness (QED) is 0.611. The van der Waals surface area contributed by atoms with Gasteiger partial charge in [0.15, 0.2) is 0 Å². The van der Waals surface area contributed by atoms with Gasteiger partial charge in [-0.1, -0.05) is 6.07 Å². The van der Waals surface area contributed by atoms with Crippen molar-refractivity contribution >= 4 is 11.7 Å². The number of hydrogen-bond acceptors (Lipinski definition) is 3. The van der Waals surface area contributed by atoms with Gasteiger partial charge in [0.25, 0.3) is 0 Å². The van der Waals surface area contributed by atoms with Gasteiger partial charge in [0.1, 0.15) is 0 Å². The van der Waals surface area contributed by atoms with Gasteiger partial charge in [-0.15, -0.1) is 0 Å². The zero-order valence-corrected chi connectivity index (χ0v) is 7.66. The van der Waals surface area contributed by atoms with E-state index in [4.69, 9.17) is 10.8 Å². The van der Waals surface area contributed by atoms with Crippen LogP contribution in [0.15, 0.2) is 18.2 Å². The number of aromatic carboxylic acids is 1. The van der Waals surface area contributed by atoms with Crippen molar-refractivity contribution in [2.24, 2.45) is 0 Å². The molecule has 0 spiro atoms. The summed E-state index contributed by atoms with van der Waals surface area (Å²) in [5.41, 5.74) is 7.06. The molecule has 0 radical (unpaired) electrons. The molecular weight excluding hydrogens is 180 g/mol. The third-order valence-corrected chi connectivity index (χ3v) is 2.53. The van der Waals surface area contributed by atoms with Gasteiger partial charge in [0.05, 0.1) is 5.56 Å². The SMILES string of the molecule is Nc1ccc(C2CCN2)cc1C(=O)O. The first kappa shape index (κ1) is 9.02. The number of rotatable bonds is 2. The number of carbonyl (C=O) groups is 1. The summed E-state index contributed by atoms with van der Waals surface area (Å²) in [5, 5.41) is 12.1. The van der Waals surface area contributed by atoms with Gasteiger partial charge in [-0.25, -0.2) is 4.79 Å². The predicted molar refractivity (Wildman–Crippen MR) is 53.2 cm³/mol. The first-order chi connectivity index (χ1) is 6.68. The molecule has 74 valence electrons. The zero-order chi connectivity index (χ0) is 10.1. The Morgan fingerprint density at radius 3 is 2.79 bits per heavy atom. The number of hydrogen-bond donors (Lipinski definition) is 3. The lowest BCUT2D eigenvalue weighted by Gasteiger charge is -2.28. The lowest BCUT2D eigenvalue weighted by Crippen LogP contribution is -2.35. The molecule has 14 heavy (non-hydrogen) atoms. The van der Waals surface area contributed by atoms with Gasteiger partial charge in [-0.2, -0.15) is 0 Å². The minimum absolute atomic E-state index is 0.191. The van der Waals surface area contributed by atoms with Crippen molar-refractivity contribution in [2.45, 2.75) is 12.5 Å². The molecule has 0 amide bonds. The smallest absolute Gasteiger partial charge is 0.337 e. The molecule has 1 aliphatic heterocycles. The van der Waals surface area contributed by atoms with Crippen LogP contribution in [0.3, 0.4) is 0 Å². The van der Waals surface area contributed by atoms with Crippen molar-refractivity contribution in [3.05, 3.63) is 29.3 Å². The minimum Gasteiger partial charge on any atom is -0.478 e. The Bertz CT molecular complexity index is 372. The number of nitrogens with one attached hydrogen (secondary N) is 1. The Labute approximate surface area is 81.7 Å². The molecule has 1 unspecified atom stereocenters. The van der Waals surface area contributed by atoms with Crippen LogP contribution >= 0.6 is 0 Å². The van der Waals surface area contributed by atoms with Gasteiger partial charge in [-0.3, -0.25) is 0 Å². The molecule has 0 saturated carbocycles. The maximum Gasteiger partial charge on any atom is 0.337 e. The summed E-state index contributed by atoms with van der Waals surface area (Å²) in [6, 6.07) is 5.47. The molecule has 0 aromatic heterocycles. The van der Waals surface area contributed by atoms with Crippen molar-refractivity contribution < 1.29 is 9.90 Å². The number of nitrogens with two attached hydrogens (primary N) is 1. The van der Waals surface area contributed by atoms with E-state index in [1.807, 2.05) is 6.07 Å². The van der Waals surface area contributed by atoms with Crippen LogP contribution in [0.5, 0.6) is 0 Å². The van der Waals surface area contributed by atoms with Crippen molar-refractivity contribution in [1.29, 1.82) is 0 Å². The van der Waals surface area contributed by atoms with Crippen molar-refractivity contribution in [3.8, 4) is 0 Å². The highest BCUT2D eigenvalue weighted by Gasteiger charge is 2.20. The Kier molecular flexibility index (Phi) is 2.13. The van der Waals surface area contributed by atoms with Crippen LogP contribution in [0.4, 0.5) is 5.69 Å². The molecule has 0 aliphatic carbocycles. The first-order valence-electron chi connectivity index (χ1n) is 4.54. The number of anilines is 1. The summed E-state index contributed by atoms with van der Waals surface area (Å²) in [6.07, 6.45) is 1.06. The Balaban J connectivity index is 2.34. The Morgan fingerprint density at radius 2 is 2.29 bits per heavy atom. The van der Waals surface area contributed by atoms with E-state index < -0.39 is 5.97 Å². The monoisotopic (exact) mass is 192 g/mol. The summed E-state index contributed by atoms with van der Waals surface area (Å²) in [4.78, 5) is 10.8. The molecular formula is C10H12N2O2. The van der Waals surface area contributed by atoms with Crippen LogP contribution in [-0.2, 0) is 0 Å². The Morgan fingerprint density at radius 1 is 1.57 bits per heavy atom. The lowest BCUT2D eigenvalue weighted by atomic mass is 9.96. The normalized spacial score (nSPS) is 20.1. The van der Waals surface area contributed by atoms with Gasteiger partial charge >= 0.3 is 5.97 Å². The maximum absolute atomic E-state index is 10.8. The van der Waals surface area contributed by atoms with Crippen LogP contribution in [-0.4, -0.2) is 17.6 Å². The highest BCUT2D eigenvalue weighted by molar-refractivity contribution is 5.93. The average molecular weight is 192 g/mol. The maximum atomic E-state index is 10.8. The van der Waals surface area contributed by atoms with Gasteiger partial charge in [0, 0.05) is 11.7 Å². The van der Waals surface area contributed by atoms with E-state index in [1.165, 1.54) is 0 Å². The van der Waals surface area contributed by atoms with Crippen LogP contribution in [0.1, 0.15) is 28.4 Å². The van der Waals surface area contributed by atoms with E-state index in [1.54, 1.807) is 12.1 Å². The Hall–Kier alpha value is -1.55. The van der Waals surface area contributed by atoms with Crippen LogP contribution in [0, 0.1) is 0 Å². The van der Waals surface area contributed by atoms with E-state index in [0.29, 0.717) is 11.7 Å². The lowest BCUT2D eigenvalue weighted by molar-refractivity contribution is 0.0698. The fraction of sp³-hybridized carbons (Fsp3) is 0.300. The van der Waals surface area contributed by atoms with Crippen LogP contribution < -0.4 is 11.1 Å². The molecule has 1 heterocycles. The molecule has 4 heteroatoms. The van der Waals surface area contributed by atoms with Gasteiger partial charge in [0.2, 0.25) is 0 Å². The summed E-state index contributed by atoms with van der Waals surface area (Å²) < 4.78 is 0. The molecule has 1 atom stereocenters. The third kappa shape index (κ3) is 1.44. The highest BCUT2D eigenvalue weighted by Crippen LogP contribution is 2.25. The molecule has 1 aliphatic rings. The van der Waals surface area contributed by atoms with E-state index >= 15 is 0 Å². The fourth-order valence-corrected chi connectivity index (χ4v) is 1.55. The average Bonchev–Trinajstić information content (AvgIpc) is 2.04. The van der Waals surface area contributed by atoms with E-state index in [-0.39, 0.29) is 5.56 Å². The third-order valence-electron chi connectivity index (χ3n) is 2.53. The number of carboxylic acids is 1. The minimum atomic E-state index is -0.969. The predicted octanol–water partition coefficient (Wildman–Crippen LogP) is 1.00. The molecule has 4 nitrogen and oxygen atoms in total. The zero-order valence-electron chi connectivity index (χ0n) is 7.66. The van der Waals surface area contributed by atoms with E-state index in [0.717, 1.165) is 18.5 Å². The largest absolute Gasteiger partial charge is 0.478 e. The topological polar surface area (TPSA) is 75.3 Å². The van der Waals surface area contributed by atoms with Crippen LogP contribution in [0.25, 0.3) is 0 Å². The fourth-order valence-electron chi connectivity index (χ4n) is 1.55. The molecule has 1 saturated heterocycles. The van der Waals surface area contributed by atoms with E-state index in [2.05, 4.69) is 5.32 Å². The molecule has 1 fully saturated rings. The van der Waals surface area contributed by atoms with Crippen molar-refractivity contribution in [1.82, 2.24) is 5.32 Å². The second kappa shape index (κ2) is 3.31. The number of nitrogen functional groups attached to an aromatic ring is 1. The molecule has 1 aromatic carbocycles. The molecule has 4 N–H and O–H groups in total. The number of benzene rings is 1. The molecule has 0 bridgehead atoms. The number of carboxylic acid groups (broad SMARTS) is 1. The van der Waals surface area contributed by atoms with Crippen molar-refractivity contribution in [2.75, 3.05) is 12.3 Å². The molecule has 1 aromatic rings. The standard InChI is InChI=1S/C10H12N2O2/c11-8-2-1-6(9-3-4-12-9)5-7(8)10(13)14/h1-2,5,9,12H,3-4,11H2,(H,13,14). The van der Waals surface area contributed by atoms with Crippen molar-refractivity contribution in [3.63, 3.8) is 0 Å². The summed E-state index contributed by atoms with van der Waals surface area (Å²) >= 11 is 0. The second-order valence-corrected chi connectivity index (χ2v) is 3.45. The highest BCUT2D eigenvalue weighted by atomic mass is 16.4. The van der Waals surface area contributed by atoms with E-state index in [9.17, 15) is 4.79 Å². The summed E-state index contributed by atoms with van der Waals surface area (Å²) in [7, 11) is 0. The molecule has 2 rings (SSSR count). The van der Waals surface area contributed by atoms with Gasteiger partial charge < -0.3 is 16.2 Å².